The molecule has 0 aliphatic heterocycles. The lowest BCUT2D eigenvalue weighted by molar-refractivity contribution is 0.0561. The number of methoxy groups -OCH3 is 1. The zero-order valence-electron chi connectivity index (χ0n) is 7.62. The lowest BCUT2D eigenvalue weighted by Gasteiger charge is -2.28. The summed E-state index contributed by atoms with van der Waals surface area (Å²) in [4.78, 5) is 0. The molecule has 4 saturated carbocycles. The summed E-state index contributed by atoms with van der Waals surface area (Å²) in [6, 6.07) is 0. The van der Waals surface area contributed by atoms with Crippen LogP contribution in [0.1, 0.15) is 19.3 Å². The molecule has 66 valence electrons. The summed E-state index contributed by atoms with van der Waals surface area (Å²) in [6.45, 7) is 1.08. The van der Waals surface area contributed by atoms with E-state index in [4.69, 9.17) is 4.74 Å². The molecule has 0 spiro atoms. The molecule has 4 atom stereocenters. The van der Waals surface area contributed by atoms with E-state index in [9.17, 15) is 0 Å². The highest BCUT2D eigenvalue weighted by Gasteiger charge is 2.77. The first-order valence-electron chi connectivity index (χ1n) is 5.36. The van der Waals surface area contributed by atoms with Crippen molar-refractivity contribution in [1.82, 2.24) is 0 Å². The molecule has 0 aromatic carbocycles. The van der Waals surface area contributed by atoms with Gasteiger partial charge in [0.15, 0.2) is 0 Å². The predicted molar refractivity (Wildman–Crippen MR) is 45.6 cm³/mol. The average molecular weight is 164 g/mol. The zero-order chi connectivity index (χ0) is 7.92. The van der Waals surface area contributed by atoms with Crippen molar-refractivity contribution in [3.63, 3.8) is 0 Å². The van der Waals surface area contributed by atoms with Crippen LogP contribution in [0.2, 0.25) is 0 Å². The maximum Gasteiger partial charge on any atom is 0.0524 e. The molecule has 0 heterocycles. The van der Waals surface area contributed by atoms with Gasteiger partial charge in [-0.3, -0.25) is 0 Å². The molecule has 1 nitrogen and oxygen atoms in total. The van der Waals surface area contributed by atoms with Crippen LogP contribution in [0.25, 0.3) is 0 Å². The fourth-order valence-electron chi connectivity index (χ4n) is 4.88. The lowest BCUT2D eigenvalue weighted by atomic mass is 9.80. The molecule has 4 aliphatic carbocycles. The highest BCUT2D eigenvalue weighted by atomic mass is 16.5. The third-order valence-electron chi connectivity index (χ3n) is 5.29. The molecule has 4 rings (SSSR count). The number of hydrogen-bond acceptors (Lipinski definition) is 1. The van der Waals surface area contributed by atoms with Crippen molar-refractivity contribution in [1.29, 1.82) is 0 Å². The van der Waals surface area contributed by atoms with Crippen molar-refractivity contribution in [2.24, 2.45) is 35.0 Å². The number of rotatable bonds is 2. The van der Waals surface area contributed by atoms with Crippen molar-refractivity contribution < 1.29 is 4.74 Å². The third-order valence-corrected chi connectivity index (χ3v) is 5.29. The van der Waals surface area contributed by atoms with E-state index in [1.54, 1.807) is 12.8 Å². The molecule has 4 unspecified atom stereocenters. The van der Waals surface area contributed by atoms with Gasteiger partial charge in [-0.05, 0) is 48.9 Å². The van der Waals surface area contributed by atoms with Crippen LogP contribution < -0.4 is 0 Å². The van der Waals surface area contributed by atoms with E-state index in [2.05, 4.69) is 0 Å². The first-order valence-corrected chi connectivity index (χ1v) is 5.36. The Hall–Kier alpha value is -0.0400. The molecular weight excluding hydrogens is 148 g/mol. The smallest absolute Gasteiger partial charge is 0.0524 e. The van der Waals surface area contributed by atoms with Gasteiger partial charge in [0, 0.05) is 12.5 Å². The maximum atomic E-state index is 5.44. The van der Waals surface area contributed by atoms with Crippen LogP contribution in [0.5, 0.6) is 0 Å². The van der Waals surface area contributed by atoms with Gasteiger partial charge in [-0.1, -0.05) is 0 Å². The SMILES string of the molecule is COCC12CC(C3CC31)C1CC12. The predicted octanol–water partition coefficient (Wildman–Crippen LogP) is 1.92. The Morgan fingerprint density at radius 1 is 1.17 bits per heavy atom. The van der Waals surface area contributed by atoms with E-state index in [0.29, 0.717) is 5.41 Å². The van der Waals surface area contributed by atoms with Crippen molar-refractivity contribution in [3.05, 3.63) is 0 Å². The first-order chi connectivity index (χ1) is 5.87. The lowest BCUT2D eigenvalue weighted by Crippen LogP contribution is -2.28. The van der Waals surface area contributed by atoms with Crippen molar-refractivity contribution in [3.8, 4) is 0 Å². The Morgan fingerprint density at radius 3 is 2.42 bits per heavy atom. The van der Waals surface area contributed by atoms with E-state index in [-0.39, 0.29) is 0 Å². The highest BCUT2D eigenvalue weighted by Crippen LogP contribution is 2.83. The maximum absolute atomic E-state index is 5.44. The minimum atomic E-state index is 0.703. The second kappa shape index (κ2) is 1.61. The molecule has 0 saturated heterocycles. The monoisotopic (exact) mass is 164 g/mol. The molecule has 4 fully saturated rings. The summed E-state index contributed by atoms with van der Waals surface area (Å²) < 4.78 is 5.44. The molecule has 2 bridgehead atoms. The summed E-state index contributed by atoms with van der Waals surface area (Å²) in [7, 11) is 1.88. The van der Waals surface area contributed by atoms with Crippen molar-refractivity contribution in [2.45, 2.75) is 19.3 Å². The summed E-state index contributed by atoms with van der Waals surface area (Å²) >= 11 is 0. The Bertz CT molecular complexity index is 229. The molecule has 0 aromatic heterocycles. The van der Waals surface area contributed by atoms with Gasteiger partial charge in [0.2, 0.25) is 0 Å². The second-order valence-electron chi connectivity index (χ2n) is 5.55. The van der Waals surface area contributed by atoms with E-state index in [1.807, 2.05) is 7.11 Å². The molecule has 4 aliphatic rings. The summed E-state index contributed by atoms with van der Waals surface area (Å²) in [5.74, 6) is 5.67. The van der Waals surface area contributed by atoms with Crippen molar-refractivity contribution in [2.75, 3.05) is 13.7 Å². The van der Waals surface area contributed by atoms with Gasteiger partial charge < -0.3 is 4.74 Å². The standard InChI is InChI=1S/C11H16O/c1-12-5-11-4-8(6-2-9(6)11)7-3-10(7)11/h6-10H,2-5H2,1H3. The van der Waals surface area contributed by atoms with E-state index in [1.165, 1.54) is 6.42 Å². The average Bonchev–Trinajstić information content (AvgIpc) is 2.95. The van der Waals surface area contributed by atoms with Gasteiger partial charge in [0.25, 0.3) is 0 Å². The second-order valence-corrected chi connectivity index (χ2v) is 5.55. The number of fused-ring (bicyclic) bond motifs is 8. The van der Waals surface area contributed by atoms with Gasteiger partial charge in [-0.2, -0.15) is 0 Å². The number of hydrogen-bond donors (Lipinski definition) is 0. The van der Waals surface area contributed by atoms with Gasteiger partial charge >= 0.3 is 0 Å². The molecule has 12 heavy (non-hydrogen) atoms. The van der Waals surface area contributed by atoms with E-state index in [0.717, 1.165) is 36.2 Å². The van der Waals surface area contributed by atoms with Crippen molar-refractivity contribution >= 4 is 0 Å². The minimum absolute atomic E-state index is 0.703. The molecule has 0 aromatic rings. The Kier molecular flexibility index (Phi) is 0.863. The Balaban J connectivity index is 1.75. The molecule has 1 heteroatoms. The summed E-state index contributed by atoms with van der Waals surface area (Å²) in [5.41, 5.74) is 0.703. The van der Waals surface area contributed by atoms with Crippen LogP contribution in [0.4, 0.5) is 0 Å². The first kappa shape index (κ1) is 6.42. The van der Waals surface area contributed by atoms with E-state index < -0.39 is 0 Å². The topological polar surface area (TPSA) is 9.23 Å². The molecule has 0 radical (unpaired) electrons. The van der Waals surface area contributed by atoms with Gasteiger partial charge in [0.05, 0.1) is 6.61 Å². The normalized spacial score (nSPS) is 69.2. The van der Waals surface area contributed by atoms with Crippen LogP contribution in [0.15, 0.2) is 0 Å². The molecule has 0 amide bonds. The van der Waals surface area contributed by atoms with E-state index >= 15 is 0 Å². The Labute approximate surface area is 73.5 Å². The molecular formula is C11H16O. The Morgan fingerprint density at radius 2 is 1.83 bits per heavy atom. The van der Waals surface area contributed by atoms with Crippen LogP contribution in [-0.2, 0) is 4.74 Å². The van der Waals surface area contributed by atoms with Gasteiger partial charge in [-0.25, -0.2) is 0 Å². The van der Waals surface area contributed by atoms with Crippen LogP contribution in [-0.4, -0.2) is 13.7 Å². The fraction of sp³-hybridized carbons (Fsp3) is 1.00. The summed E-state index contributed by atoms with van der Waals surface area (Å²) in [6.07, 6.45) is 4.65. The van der Waals surface area contributed by atoms with Gasteiger partial charge in [-0.15, -0.1) is 0 Å². The van der Waals surface area contributed by atoms with Crippen LogP contribution >= 0.6 is 0 Å². The minimum Gasteiger partial charge on any atom is -0.384 e. The summed E-state index contributed by atoms with van der Waals surface area (Å²) in [5, 5.41) is 0. The van der Waals surface area contributed by atoms with Gasteiger partial charge in [0.1, 0.15) is 0 Å². The largest absolute Gasteiger partial charge is 0.384 e. The fourth-order valence-corrected chi connectivity index (χ4v) is 4.88. The zero-order valence-corrected chi connectivity index (χ0v) is 7.62. The quantitative estimate of drug-likeness (QED) is 0.606. The highest BCUT2D eigenvalue weighted by molar-refractivity contribution is 5.26. The number of ether oxygens (including phenoxy) is 1. The van der Waals surface area contributed by atoms with Crippen LogP contribution in [0, 0.1) is 35.0 Å². The third kappa shape index (κ3) is 0.477. The molecule has 0 N–H and O–H groups in total. The van der Waals surface area contributed by atoms with Crippen LogP contribution in [0.3, 0.4) is 0 Å².